The Morgan fingerprint density at radius 1 is 1.43 bits per heavy atom. The SMILES string of the molecule is COC1=C(NC=C(O)CO)C[C@](O)(CO)CC1=NC(C)C(=O)O. The quantitative estimate of drug-likeness (QED) is 0.334. The Kier molecular flexibility index (Phi) is 6.55. The first kappa shape index (κ1) is 18.9. The van der Waals surface area contributed by atoms with Crippen LogP contribution in [0.2, 0.25) is 0 Å². The van der Waals surface area contributed by atoms with Gasteiger partial charge in [-0.25, -0.2) is 4.79 Å². The van der Waals surface area contributed by atoms with Crippen LogP contribution in [-0.2, 0) is 9.53 Å². The molecule has 0 amide bonds. The lowest BCUT2D eigenvalue weighted by atomic mass is 9.85. The summed E-state index contributed by atoms with van der Waals surface area (Å²) in [5.74, 6) is -1.26. The van der Waals surface area contributed by atoms with Crippen LogP contribution in [0.3, 0.4) is 0 Å². The zero-order chi connectivity index (χ0) is 17.6. The van der Waals surface area contributed by atoms with Crippen LogP contribution in [-0.4, -0.2) is 69.2 Å². The minimum atomic E-state index is -1.54. The van der Waals surface area contributed by atoms with Gasteiger partial charge in [0.2, 0.25) is 0 Å². The number of nitrogens with one attached hydrogen (secondary N) is 1. The van der Waals surface area contributed by atoms with E-state index in [1.54, 1.807) is 0 Å². The zero-order valence-corrected chi connectivity index (χ0v) is 13.0. The van der Waals surface area contributed by atoms with Gasteiger partial charge in [-0.05, 0) is 6.92 Å². The van der Waals surface area contributed by atoms with Gasteiger partial charge in [0.1, 0.15) is 18.4 Å². The molecule has 0 fully saturated rings. The topological polar surface area (TPSA) is 152 Å². The molecule has 9 heteroatoms. The summed E-state index contributed by atoms with van der Waals surface area (Å²) in [7, 11) is 1.36. The molecule has 1 aliphatic carbocycles. The number of nitrogens with zero attached hydrogens (tertiary/aromatic N) is 1. The smallest absolute Gasteiger partial charge is 0.328 e. The van der Waals surface area contributed by atoms with Crippen LogP contribution in [0.5, 0.6) is 0 Å². The summed E-state index contributed by atoms with van der Waals surface area (Å²) in [5, 5.41) is 49.5. The third-order valence-corrected chi connectivity index (χ3v) is 3.32. The van der Waals surface area contributed by atoms with Crippen molar-refractivity contribution < 1.29 is 35.1 Å². The van der Waals surface area contributed by atoms with Gasteiger partial charge in [-0.3, -0.25) is 4.99 Å². The highest BCUT2D eigenvalue weighted by Crippen LogP contribution is 2.30. The van der Waals surface area contributed by atoms with Crippen LogP contribution < -0.4 is 5.32 Å². The van der Waals surface area contributed by atoms with Crippen LogP contribution in [0.4, 0.5) is 0 Å². The molecule has 0 aliphatic heterocycles. The summed E-state index contributed by atoms with van der Waals surface area (Å²) in [6.07, 6.45) is 1.00. The van der Waals surface area contributed by atoms with Crippen molar-refractivity contribution in [1.82, 2.24) is 5.32 Å². The van der Waals surface area contributed by atoms with Gasteiger partial charge in [0.15, 0.2) is 5.76 Å². The van der Waals surface area contributed by atoms with E-state index in [1.807, 2.05) is 0 Å². The van der Waals surface area contributed by atoms with Crippen LogP contribution >= 0.6 is 0 Å². The first-order valence-corrected chi connectivity index (χ1v) is 6.92. The Bertz CT molecular complexity index is 541. The normalized spacial score (nSPS) is 25.4. The number of carbonyl (C=O) groups is 1. The lowest BCUT2D eigenvalue weighted by Crippen LogP contribution is -2.43. The second-order valence-electron chi connectivity index (χ2n) is 5.28. The van der Waals surface area contributed by atoms with E-state index in [-0.39, 0.29) is 30.1 Å². The van der Waals surface area contributed by atoms with E-state index in [0.29, 0.717) is 5.70 Å². The lowest BCUT2D eigenvalue weighted by molar-refractivity contribution is -0.138. The van der Waals surface area contributed by atoms with Crippen molar-refractivity contribution in [3.63, 3.8) is 0 Å². The van der Waals surface area contributed by atoms with E-state index in [4.69, 9.17) is 14.9 Å². The molecule has 1 unspecified atom stereocenters. The number of aliphatic imine (C=N–C) groups is 1. The fourth-order valence-corrected chi connectivity index (χ4v) is 2.12. The minimum Gasteiger partial charge on any atom is -0.508 e. The van der Waals surface area contributed by atoms with E-state index in [9.17, 15) is 20.1 Å². The number of allylic oxidation sites excluding steroid dienone is 1. The zero-order valence-electron chi connectivity index (χ0n) is 13.0. The van der Waals surface area contributed by atoms with Crippen molar-refractivity contribution >= 4 is 11.7 Å². The minimum absolute atomic E-state index is 0.0254. The third kappa shape index (κ3) is 4.95. The number of carboxylic acids is 1. The summed E-state index contributed by atoms with van der Waals surface area (Å²) in [6.45, 7) is 0.231. The van der Waals surface area contributed by atoms with Gasteiger partial charge in [0.25, 0.3) is 0 Å². The Labute approximate surface area is 133 Å². The second-order valence-corrected chi connectivity index (χ2v) is 5.28. The van der Waals surface area contributed by atoms with Crippen molar-refractivity contribution in [3.8, 4) is 0 Å². The molecule has 0 saturated carbocycles. The van der Waals surface area contributed by atoms with E-state index in [2.05, 4.69) is 10.3 Å². The highest BCUT2D eigenvalue weighted by molar-refractivity contribution is 6.01. The molecule has 0 aromatic heterocycles. The molecule has 130 valence electrons. The first-order valence-electron chi connectivity index (χ1n) is 6.92. The van der Waals surface area contributed by atoms with Crippen LogP contribution in [0, 0.1) is 0 Å². The fraction of sp³-hybridized carbons (Fsp3) is 0.571. The third-order valence-electron chi connectivity index (χ3n) is 3.32. The predicted molar refractivity (Wildman–Crippen MR) is 80.8 cm³/mol. The van der Waals surface area contributed by atoms with Gasteiger partial charge in [0.05, 0.1) is 30.7 Å². The Morgan fingerprint density at radius 2 is 2.09 bits per heavy atom. The molecule has 1 aliphatic rings. The maximum atomic E-state index is 11.0. The number of aliphatic carboxylic acids is 1. The Hall–Kier alpha value is -2.10. The van der Waals surface area contributed by atoms with Crippen LogP contribution in [0.1, 0.15) is 19.8 Å². The largest absolute Gasteiger partial charge is 0.508 e. The molecule has 0 saturated heterocycles. The average molecular weight is 330 g/mol. The maximum Gasteiger partial charge on any atom is 0.328 e. The van der Waals surface area contributed by atoms with Crippen molar-refractivity contribution in [1.29, 1.82) is 0 Å². The standard InChI is InChI=1S/C14H22N2O7/c1-8(13(20)21)16-11-4-14(22,7-18)3-10(12(11)23-2)15-5-9(19)6-17/h5,8,15,17-19,22H,3-4,6-7H2,1-2H3,(H,20,21)/t8?,14-/m1/s1. The fourth-order valence-electron chi connectivity index (χ4n) is 2.12. The summed E-state index contributed by atoms with van der Waals surface area (Å²) >= 11 is 0. The number of methoxy groups -OCH3 is 1. The van der Waals surface area contributed by atoms with E-state index in [1.165, 1.54) is 14.0 Å². The van der Waals surface area contributed by atoms with Gasteiger partial charge in [-0.2, -0.15) is 0 Å². The molecule has 0 aromatic carbocycles. The number of aliphatic hydroxyl groups is 4. The molecular weight excluding hydrogens is 308 g/mol. The van der Waals surface area contributed by atoms with Crippen molar-refractivity contribution in [2.75, 3.05) is 20.3 Å². The van der Waals surface area contributed by atoms with Crippen molar-refractivity contribution in [2.45, 2.75) is 31.4 Å². The molecule has 9 nitrogen and oxygen atoms in total. The predicted octanol–water partition coefficient (Wildman–Crippen LogP) is -0.743. The molecule has 0 spiro atoms. The van der Waals surface area contributed by atoms with E-state index >= 15 is 0 Å². The molecule has 0 aromatic rings. The van der Waals surface area contributed by atoms with Gasteiger partial charge in [-0.15, -0.1) is 0 Å². The lowest BCUT2D eigenvalue weighted by Gasteiger charge is -2.33. The van der Waals surface area contributed by atoms with Gasteiger partial charge < -0.3 is 35.6 Å². The highest BCUT2D eigenvalue weighted by atomic mass is 16.5. The molecule has 6 N–H and O–H groups in total. The molecule has 0 radical (unpaired) electrons. The number of hydrogen-bond donors (Lipinski definition) is 6. The Morgan fingerprint density at radius 3 is 2.57 bits per heavy atom. The van der Waals surface area contributed by atoms with Gasteiger partial charge in [0, 0.05) is 19.0 Å². The van der Waals surface area contributed by atoms with Gasteiger partial charge in [-0.1, -0.05) is 0 Å². The maximum absolute atomic E-state index is 11.0. The molecule has 0 bridgehead atoms. The highest BCUT2D eigenvalue weighted by Gasteiger charge is 2.38. The molecule has 1 rings (SSSR count). The average Bonchev–Trinajstić information content (AvgIpc) is 2.52. The van der Waals surface area contributed by atoms with E-state index < -0.39 is 30.8 Å². The van der Waals surface area contributed by atoms with E-state index in [0.717, 1.165) is 6.20 Å². The number of rotatable bonds is 7. The number of hydrogen-bond acceptors (Lipinski definition) is 8. The summed E-state index contributed by atoms with van der Waals surface area (Å²) in [4.78, 5) is 15.0. The number of ether oxygens (including phenoxy) is 1. The first-order chi connectivity index (χ1) is 10.8. The summed E-state index contributed by atoms with van der Waals surface area (Å²) < 4.78 is 5.23. The van der Waals surface area contributed by atoms with Crippen LogP contribution in [0.15, 0.2) is 28.4 Å². The monoisotopic (exact) mass is 330 g/mol. The summed E-state index contributed by atoms with van der Waals surface area (Å²) in [5.41, 5.74) is -1.05. The van der Waals surface area contributed by atoms with Crippen molar-refractivity contribution in [2.24, 2.45) is 4.99 Å². The number of carboxylic acid groups (broad SMARTS) is 1. The molecular formula is C14H22N2O7. The number of aliphatic hydroxyl groups excluding tert-OH is 3. The molecule has 0 heterocycles. The van der Waals surface area contributed by atoms with Crippen molar-refractivity contribution in [3.05, 3.63) is 23.4 Å². The van der Waals surface area contributed by atoms with Gasteiger partial charge >= 0.3 is 5.97 Å². The second kappa shape index (κ2) is 7.95. The molecule has 2 atom stereocenters. The summed E-state index contributed by atoms with van der Waals surface area (Å²) in [6, 6.07) is -1.06. The molecule has 23 heavy (non-hydrogen) atoms. The Balaban J connectivity index is 3.27. The van der Waals surface area contributed by atoms with Crippen LogP contribution in [0.25, 0.3) is 0 Å².